The molecule has 2 unspecified atom stereocenters. The van der Waals surface area contributed by atoms with Crippen LogP contribution in [0.3, 0.4) is 0 Å². The normalized spacial score (nSPS) is 31.9. The van der Waals surface area contributed by atoms with E-state index in [1.807, 2.05) is 18.3 Å². The fourth-order valence-electron chi connectivity index (χ4n) is 11.8. The lowest BCUT2D eigenvalue weighted by Crippen LogP contribution is -2.48. The van der Waals surface area contributed by atoms with Gasteiger partial charge in [-0.1, -0.05) is 53.4 Å². The molecule has 8 saturated heterocycles. The van der Waals surface area contributed by atoms with E-state index in [-0.39, 0.29) is 0 Å². The molecule has 0 radical (unpaired) electrons. The molecule has 4 bridgehead atoms. The number of anilines is 4. The van der Waals surface area contributed by atoms with Crippen molar-refractivity contribution in [3.05, 3.63) is 54.2 Å². The summed E-state index contributed by atoms with van der Waals surface area (Å²) >= 11 is 0. The third-order valence-corrected chi connectivity index (χ3v) is 16.6. The quantitative estimate of drug-likeness (QED) is 0.176. The second-order valence-electron chi connectivity index (χ2n) is 21.0. The number of nitrogen functional groups attached to an aromatic ring is 2. The molecule has 352 valence electrons. The van der Waals surface area contributed by atoms with Crippen LogP contribution in [0.15, 0.2) is 42.9 Å². The Hall–Kier alpha value is -4.57. The highest BCUT2D eigenvalue weighted by molar-refractivity contribution is 5.63. The number of hydrogen-bond acceptors (Lipinski definition) is 15. The van der Waals surface area contributed by atoms with Gasteiger partial charge in [0, 0.05) is 92.9 Å². The van der Waals surface area contributed by atoms with Crippen molar-refractivity contribution in [3.8, 4) is 22.5 Å². The number of ether oxygens (including phenoxy) is 2. The summed E-state index contributed by atoms with van der Waals surface area (Å²) in [6.07, 6.45) is 15.9. The fraction of sp³-hybridized carbons (Fsp3) is 0.667. The minimum Gasteiger partial charge on any atom is -0.384 e. The molecular weight excluding hydrogens is 827 g/mol. The first-order valence-corrected chi connectivity index (χ1v) is 25.5. The number of hydrogen-bond donors (Lipinski definition) is 2. The Labute approximate surface area is 390 Å². The molecule has 15 heteroatoms. The molecule has 6 atom stereocenters. The molecule has 15 nitrogen and oxygen atoms in total. The molecule has 0 aromatic carbocycles. The Balaban J connectivity index is 0.000000126. The summed E-state index contributed by atoms with van der Waals surface area (Å²) in [7, 11) is 0. The van der Waals surface area contributed by atoms with Crippen molar-refractivity contribution in [1.82, 2.24) is 44.7 Å². The summed E-state index contributed by atoms with van der Waals surface area (Å²) in [5, 5.41) is 0. The van der Waals surface area contributed by atoms with Gasteiger partial charge in [0.2, 0.25) is 17.8 Å². The van der Waals surface area contributed by atoms with E-state index in [0.717, 1.165) is 109 Å². The molecule has 4 aromatic heterocycles. The van der Waals surface area contributed by atoms with E-state index >= 15 is 0 Å². The highest BCUT2D eigenvalue weighted by Gasteiger charge is 2.60. The van der Waals surface area contributed by atoms with Crippen molar-refractivity contribution >= 4 is 23.7 Å². The second kappa shape index (κ2) is 18.5. The van der Waals surface area contributed by atoms with Crippen molar-refractivity contribution in [3.63, 3.8) is 0 Å². The summed E-state index contributed by atoms with van der Waals surface area (Å²) in [4.78, 5) is 42.8. The third-order valence-electron chi connectivity index (χ3n) is 16.6. The zero-order valence-electron chi connectivity index (χ0n) is 39.6. The third kappa shape index (κ3) is 8.62. The number of fused-ring (bicyclic) bond motifs is 4. The van der Waals surface area contributed by atoms with Crippen LogP contribution in [0.2, 0.25) is 0 Å². The maximum atomic E-state index is 5.80. The smallest absolute Gasteiger partial charge is 0.226 e. The SMILES string of the molecule is CCCC.CCCC.Nc1ccc(-c2cc(C3[C@H]4CN(C5COC5)C[C@@H]34)nc(N3CC4CC3C4)n2)cn1.Nc1ncc(-c2cc(C3[C@H]4CN(C5COC5)C[C@@H]34)nc(N3CC4CC3C4)n2)cn1. The molecular formula is C51H71N13O2. The highest BCUT2D eigenvalue weighted by atomic mass is 16.5. The van der Waals surface area contributed by atoms with Crippen LogP contribution in [-0.2, 0) is 9.47 Å². The van der Waals surface area contributed by atoms with Gasteiger partial charge in [0.1, 0.15) is 5.82 Å². The number of piperidine rings is 2. The Morgan fingerprint density at radius 3 is 1.29 bits per heavy atom. The predicted molar refractivity (Wildman–Crippen MR) is 258 cm³/mol. The van der Waals surface area contributed by atoms with Gasteiger partial charge in [-0.25, -0.2) is 34.9 Å². The molecule has 4 saturated carbocycles. The Bertz CT molecular complexity index is 2110. The van der Waals surface area contributed by atoms with E-state index in [0.29, 0.717) is 47.8 Å². The maximum absolute atomic E-state index is 5.80. The largest absolute Gasteiger partial charge is 0.384 e. The van der Waals surface area contributed by atoms with Crippen LogP contribution in [-0.4, -0.2) is 135 Å². The van der Waals surface area contributed by atoms with E-state index in [9.17, 15) is 0 Å². The minimum atomic E-state index is 0.292. The Kier molecular flexibility index (Phi) is 12.3. The zero-order valence-corrected chi connectivity index (χ0v) is 39.6. The van der Waals surface area contributed by atoms with E-state index in [1.54, 1.807) is 12.4 Å². The average Bonchev–Trinajstić information content (AvgIpc) is 3.80. The van der Waals surface area contributed by atoms with E-state index in [2.05, 4.69) is 74.4 Å². The van der Waals surface area contributed by atoms with Crippen molar-refractivity contribution in [2.45, 2.75) is 115 Å². The molecule has 8 aliphatic heterocycles. The first-order chi connectivity index (χ1) is 32.3. The van der Waals surface area contributed by atoms with Gasteiger partial charge in [0.15, 0.2) is 0 Å². The summed E-state index contributed by atoms with van der Waals surface area (Å²) < 4.78 is 10.8. The van der Waals surface area contributed by atoms with Crippen LogP contribution >= 0.6 is 0 Å². The molecule has 4 N–H and O–H groups in total. The first-order valence-electron chi connectivity index (χ1n) is 25.5. The average molecular weight is 898 g/mol. The highest BCUT2D eigenvalue weighted by Crippen LogP contribution is 2.60. The van der Waals surface area contributed by atoms with Crippen LogP contribution in [0.25, 0.3) is 22.5 Å². The monoisotopic (exact) mass is 898 g/mol. The maximum Gasteiger partial charge on any atom is 0.226 e. The lowest BCUT2D eigenvalue weighted by Gasteiger charge is -2.35. The Morgan fingerprint density at radius 1 is 0.515 bits per heavy atom. The molecule has 0 spiro atoms. The lowest BCUT2D eigenvalue weighted by atomic mass is 9.86. The fourth-order valence-corrected chi connectivity index (χ4v) is 11.8. The zero-order chi connectivity index (χ0) is 45.1. The predicted octanol–water partition coefficient (Wildman–Crippen LogP) is 6.53. The molecule has 12 aliphatic rings. The molecule has 0 amide bonds. The van der Waals surface area contributed by atoms with Crippen LogP contribution in [0, 0.1) is 35.5 Å². The topological polar surface area (TPSA) is 174 Å². The van der Waals surface area contributed by atoms with Gasteiger partial charge in [0.05, 0.1) is 61.3 Å². The molecule has 4 aromatic rings. The van der Waals surface area contributed by atoms with Gasteiger partial charge in [-0.2, -0.15) is 0 Å². The lowest BCUT2D eigenvalue weighted by molar-refractivity contribution is -0.0610. The van der Waals surface area contributed by atoms with Crippen LogP contribution in [0.1, 0.15) is 102 Å². The molecule has 12 heterocycles. The number of unbranched alkanes of at least 4 members (excludes halogenated alkanes) is 2. The Morgan fingerprint density at radius 2 is 0.939 bits per heavy atom. The van der Waals surface area contributed by atoms with Gasteiger partial charge in [-0.15, -0.1) is 0 Å². The van der Waals surface area contributed by atoms with Gasteiger partial charge in [-0.05, 0) is 85.5 Å². The van der Waals surface area contributed by atoms with Gasteiger partial charge >= 0.3 is 0 Å². The van der Waals surface area contributed by atoms with Crippen LogP contribution < -0.4 is 21.3 Å². The molecule has 12 fully saturated rings. The van der Waals surface area contributed by atoms with Crippen molar-refractivity contribution in [2.24, 2.45) is 35.5 Å². The number of likely N-dealkylation sites (tertiary alicyclic amines) is 2. The summed E-state index contributed by atoms with van der Waals surface area (Å²) in [6, 6.07) is 10.8. The molecule has 16 rings (SSSR count). The van der Waals surface area contributed by atoms with Crippen LogP contribution in [0.5, 0.6) is 0 Å². The first kappa shape index (κ1) is 44.0. The van der Waals surface area contributed by atoms with Crippen molar-refractivity contribution in [1.29, 1.82) is 0 Å². The minimum absolute atomic E-state index is 0.292. The van der Waals surface area contributed by atoms with Gasteiger partial charge in [-0.3, -0.25) is 9.80 Å². The number of nitrogens with zero attached hydrogens (tertiary/aromatic N) is 11. The van der Waals surface area contributed by atoms with Crippen LogP contribution in [0.4, 0.5) is 23.7 Å². The summed E-state index contributed by atoms with van der Waals surface area (Å²) in [5.41, 5.74) is 17.7. The van der Waals surface area contributed by atoms with Crippen molar-refractivity contribution in [2.75, 3.05) is 87.0 Å². The number of pyridine rings is 1. The summed E-state index contributed by atoms with van der Waals surface area (Å²) in [5.74, 6) is 8.38. The van der Waals surface area contributed by atoms with Gasteiger partial charge in [0.25, 0.3) is 0 Å². The second-order valence-corrected chi connectivity index (χ2v) is 21.0. The number of aromatic nitrogens is 7. The van der Waals surface area contributed by atoms with Gasteiger partial charge < -0.3 is 30.7 Å². The van der Waals surface area contributed by atoms with E-state index < -0.39 is 0 Å². The molecule has 4 aliphatic carbocycles. The van der Waals surface area contributed by atoms with E-state index in [4.69, 9.17) is 40.9 Å². The van der Waals surface area contributed by atoms with E-state index in [1.165, 1.54) is 88.9 Å². The number of nitrogens with two attached hydrogens (primary N) is 2. The standard InChI is InChI=1S/C22H26N6O.C21H25N7O.2C4H10/c23-20-2-1-13(6-24-20)18-5-19(26-22(25-18)28-7-12-3-14(28)4-12)21-16-8-27(9-17(16)21)15-10-29-11-15;22-20-23-4-12(5-24-20)17-3-18(26-21(25-17)28-6-11-1-13(28)2-11)19-15-7-27(8-16(15)19)14-9-29-10-14;2*1-3-4-2/h1-2,5-6,12,14-17,21H,3-4,7-11H2,(H2,23,24);3-5,11,13-16,19H,1-2,6-10H2,(H2,22,23,24);2*3-4H2,1-2H3/t12?,14?,16-,17+,21?;11?,13?,15-,16+,19?;;. The molecule has 66 heavy (non-hydrogen) atoms. The summed E-state index contributed by atoms with van der Waals surface area (Å²) in [6.45, 7) is 19.3. The number of rotatable bonds is 10. The van der Waals surface area contributed by atoms with Crippen molar-refractivity contribution < 1.29 is 9.47 Å².